The van der Waals surface area contributed by atoms with E-state index in [1.807, 2.05) is 0 Å². The number of imidazole rings is 1. The summed E-state index contributed by atoms with van der Waals surface area (Å²) in [4.78, 5) is 31.1. The van der Waals surface area contributed by atoms with Crippen molar-refractivity contribution in [3.63, 3.8) is 0 Å². The average Bonchev–Trinajstić information content (AvgIpc) is 2.92. The van der Waals surface area contributed by atoms with Crippen LogP contribution in [0.4, 0.5) is 0 Å². The molecule has 1 saturated heterocycles. The Balaban J connectivity index is 1.73. The van der Waals surface area contributed by atoms with Crippen molar-refractivity contribution in [1.29, 1.82) is 0 Å². The number of carbonyl (C=O) groups is 2. The first-order valence-corrected chi connectivity index (χ1v) is 6.23. The molecule has 0 radical (unpaired) electrons. The van der Waals surface area contributed by atoms with E-state index in [1.54, 1.807) is 17.3 Å². The van der Waals surface area contributed by atoms with Crippen LogP contribution in [0.3, 0.4) is 0 Å². The van der Waals surface area contributed by atoms with Crippen molar-refractivity contribution >= 4 is 11.9 Å². The number of aromatic nitrogens is 2. The predicted octanol–water partition coefficient (Wildman–Crippen LogP) is 0.217. The maximum Gasteiger partial charge on any atom is 0.329 e. The predicted molar refractivity (Wildman–Crippen MR) is 65.6 cm³/mol. The lowest BCUT2D eigenvalue weighted by molar-refractivity contribution is -0.146. The fourth-order valence-corrected chi connectivity index (χ4v) is 2.22. The number of rotatable bonds is 5. The Morgan fingerprint density at radius 1 is 1.42 bits per heavy atom. The van der Waals surface area contributed by atoms with Crippen molar-refractivity contribution in [2.45, 2.75) is 18.8 Å². The molecule has 1 fully saturated rings. The van der Waals surface area contributed by atoms with E-state index in [0.717, 1.165) is 18.7 Å². The zero-order valence-corrected chi connectivity index (χ0v) is 10.5. The summed E-state index contributed by atoms with van der Waals surface area (Å²) in [6.45, 7) is 0.702. The molecule has 1 amide bonds. The molecule has 0 bridgehead atoms. The molecule has 1 aliphatic heterocycles. The minimum Gasteiger partial charge on any atom is -0.480 e. The zero-order valence-electron chi connectivity index (χ0n) is 10.5. The second kappa shape index (κ2) is 6.33. The van der Waals surface area contributed by atoms with Gasteiger partial charge in [0, 0.05) is 31.4 Å². The van der Waals surface area contributed by atoms with Gasteiger partial charge in [-0.1, -0.05) is 0 Å². The first-order chi connectivity index (χ1) is 9.16. The van der Waals surface area contributed by atoms with Crippen LogP contribution in [-0.2, 0) is 14.3 Å². The van der Waals surface area contributed by atoms with Crippen molar-refractivity contribution in [1.82, 2.24) is 14.9 Å². The van der Waals surface area contributed by atoms with E-state index in [9.17, 15) is 9.59 Å². The van der Waals surface area contributed by atoms with E-state index < -0.39 is 12.6 Å². The van der Waals surface area contributed by atoms with Gasteiger partial charge in [-0.15, -0.1) is 0 Å². The summed E-state index contributed by atoms with van der Waals surface area (Å²) >= 11 is 0. The third-order valence-corrected chi connectivity index (χ3v) is 3.20. The minimum atomic E-state index is -1.07. The minimum absolute atomic E-state index is 0.154. The van der Waals surface area contributed by atoms with Crippen LogP contribution < -0.4 is 0 Å². The molecule has 19 heavy (non-hydrogen) atoms. The van der Waals surface area contributed by atoms with Gasteiger partial charge >= 0.3 is 5.97 Å². The van der Waals surface area contributed by atoms with Gasteiger partial charge in [0.2, 0.25) is 5.91 Å². The Kier molecular flexibility index (Phi) is 4.51. The summed E-state index contributed by atoms with van der Waals surface area (Å²) < 4.78 is 4.80. The highest BCUT2D eigenvalue weighted by molar-refractivity contribution is 5.78. The van der Waals surface area contributed by atoms with Crippen LogP contribution in [0.5, 0.6) is 0 Å². The van der Waals surface area contributed by atoms with Crippen molar-refractivity contribution < 1.29 is 19.4 Å². The van der Waals surface area contributed by atoms with E-state index in [1.165, 1.54) is 0 Å². The summed E-state index contributed by atoms with van der Waals surface area (Å²) in [5.41, 5.74) is 0. The molecule has 7 heteroatoms. The van der Waals surface area contributed by atoms with Gasteiger partial charge in [-0.3, -0.25) is 4.79 Å². The third-order valence-electron chi connectivity index (χ3n) is 3.20. The molecule has 0 atom stereocenters. The number of piperidine rings is 1. The number of aromatic amines is 1. The van der Waals surface area contributed by atoms with Gasteiger partial charge in [0.05, 0.1) is 0 Å². The monoisotopic (exact) mass is 267 g/mol. The fraction of sp³-hybridized carbons (Fsp3) is 0.583. The number of carboxylic acids is 1. The van der Waals surface area contributed by atoms with E-state index in [-0.39, 0.29) is 12.5 Å². The fourth-order valence-electron chi connectivity index (χ4n) is 2.22. The number of hydrogen-bond acceptors (Lipinski definition) is 4. The number of nitrogens with zero attached hydrogens (tertiary/aromatic N) is 2. The quantitative estimate of drug-likeness (QED) is 0.795. The zero-order chi connectivity index (χ0) is 13.7. The first-order valence-electron chi connectivity index (χ1n) is 6.23. The Labute approximate surface area is 110 Å². The highest BCUT2D eigenvalue weighted by Gasteiger charge is 2.25. The molecule has 1 aromatic rings. The Hall–Kier alpha value is -1.89. The second-order valence-corrected chi connectivity index (χ2v) is 4.52. The standard InChI is InChI=1S/C12H17N3O4/c16-10(7-19-8-11(17)18)15-5-1-9(2-6-15)12-13-3-4-14-12/h3-4,9H,1-2,5-8H2,(H,13,14)(H,17,18). The van der Waals surface area contributed by atoms with Gasteiger partial charge < -0.3 is 19.7 Å². The summed E-state index contributed by atoms with van der Waals surface area (Å²) in [7, 11) is 0. The van der Waals surface area contributed by atoms with Crippen LogP contribution >= 0.6 is 0 Å². The van der Waals surface area contributed by atoms with E-state index in [2.05, 4.69) is 9.97 Å². The van der Waals surface area contributed by atoms with Crippen LogP contribution in [0, 0.1) is 0 Å². The number of amides is 1. The van der Waals surface area contributed by atoms with Crippen molar-refractivity contribution in [2.75, 3.05) is 26.3 Å². The number of H-pyrrole nitrogens is 1. The van der Waals surface area contributed by atoms with Crippen LogP contribution in [0.1, 0.15) is 24.6 Å². The SMILES string of the molecule is O=C(O)COCC(=O)N1CCC(c2ncc[nH]2)CC1. The summed E-state index contributed by atoms with van der Waals surface area (Å²) in [6.07, 6.45) is 5.25. The highest BCUT2D eigenvalue weighted by atomic mass is 16.5. The molecule has 2 N–H and O–H groups in total. The second-order valence-electron chi connectivity index (χ2n) is 4.52. The van der Waals surface area contributed by atoms with Crippen LogP contribution in [-0.4, -0.2) is 58.2 Å². The van der Waals surface area contributed by atoms with Crippen LogP contribution in [0.25, 0.3) is 0 Å². The normalized spacial score (nSPS) is 16.5. The van der Waals surface area contributed by atoms with Gasteiger partial charge in [-0.05, 0) is 12.8 Å². The molecule has 7 nitrogen and oxygen atoms in total. The first kappa shape index (κ1) is 13.5. The lowest BCUT2D eigenvalue weighted by atomic mass is 9.96. The number of nitrogens with one attached hydrogen (secondary N) is 1. The van der Waals surface area contributed by atoms with Crippen molar-refractivity contribution in [2.24, 2.45) is 0 Å². The van der Waals surface area contributed by atoms with E-state index >= 15 is 0 Å². The van der Waals surface area contributed by atoms with E-state index in [0.29, 0.717) is 19.0 Å². The number of likely N-dealkylation sites (tertiary alicyclic amines) is 1. The molecule has 104 valence electrons. The summed E-state index contributed by atoms with van der Waals surface area (Å²) in [6, 6.07) is 0. The average molecular weight is 267 g/mol. The molecular weight excluding hydrogens is 250 g/mol. The number of carboxylic acid groups (broad SMARTS) is 1. The van der Waals surface area contributed by atoms with Crippen LogP contribution in [0.2, 0.25) is 0 Å². The van der Waals surface area contributed by atoms with Crippen LogP contribution in [0.15, 0.2) is 12.4 Å². The van der Waals surface area contributed by atoms with Gasteiger partial charge in [0.25, 0.3) is 0 Å². The molecule has 1 aliphatic rings. The van der Waals surface area contributed by atoms with Gasteiger partial charge in [0.1, 0.15) is 19.0 Å². The largest absolute Gasteiger partial charge is 0.480 e. The summed E-state index contributed by atoms with van der Waals surface area (Å²) in [5.74, 6) is 0.108. The van der Waals surface area contributed by atoms with Crippen molar-refractivity contribution in [3.8, 4) is 0 Å². The molecule has 0 spiro atoms. The molecule has 0 unspecified atom stereocenters. The lowest BCUT2D eigenvalue weighted by Gasteiger charge is -2.31. The Morgan fingerprint density at radius 3 is 2.74 bits per heavy atom. The Morgan fingerprint density at radius 2 is 2.16 bits per heavy atom. The summed E-state index contributed by atoms with van der Waals surface area (Å²) in [5, 5.41) is 8.42. The maximum atomic E-state index is 11.8. The van der Waals surface area contributed by atoms with Gasteiger partial charge in [0.15, 0.2) is 0 Å². The molecule has 2 rings (SSSR count). The molecule has 1 aromatic heterocycles. The number of carbonyl (C=O) groups excluding carboxylic acids is 1. The van der Waals surface area contributed by atoms with Crippen molar-refractivity contribution in [3.05, 3.63) is 18.2 Å². The topological polar surface area (TPSA) is 95.5 Å². The number of ether oxygens (including phenoxy) is 1. The van der Waals surface area contributed by atoms with Gasteiger partial charge in [-0.2, -0.15) is 0 Å². The van der Waals surface area contributed by atoms with E-state index in [4.69, 9.17) is 9.84 Å². The highest BCUT2D eigenvalue weighted by Crippen LogP contribution is 2.25. The molecule has 0 aromatic carbocycles. The molecule has 0 saturated carbocycles. The molecular formula is C12H17N3O4. The number of aliphatic carboxylic acids is 1. The molecule has 2 heterocycles. The third kappa shape index (κ3) is 3.78. The maximum absolute atomic E-state index is 11.8. The van der Waals surface area contributed by atoms with Gasteiger partial charge in [-0.25, -0.2) is 9.78 Å². The smallest absolute Gasteiger partial charge is 0.329 e. The Bertz CT molecular complexity index is 424. The lowest BCUT2D eigenvalue weighted by Crippen LogP contribution is -2.40. The number of hydrogen-bond donors (Lipinski definition) is 2. The molecule has 0 aliphatic carbocycles.